The minimum Gasteiger partial charge on any atom is -0.310 e. The van der Waals surface area contributed by atoms with Crippen LogP contribution in [0.1, 0.15) is 50.6 Å². The third-order valence-electron chi connectivity index (χ3n) is 4.94. The number of halogens is 1. The Morgan fingerprint density at radius 3 is 2.95 bits per heavy atom. The molecule has 3 heteroatoms. The molecule has 1 nitrogen and oxygen atoms in total. The standard InChI is InChI=1S/C17H24FNS/c1-12-5-2-3-6-13(12)11-19-16-9-10-20-17-14(16)7-4-8-15(17)18/h4,7-8,12-13,16,19H,2-3,5-6,9-11H2,1H3. The lowest BCUT2D eigenvalue weighted by Crippen LogP contribution is -2.33. The third-order valence-corrected chi connectivity index (χ3v) is 6.10. The zero-order chi connectivity index (χ0) is 13.9. The summed E-state index contributed by atoms with van der Waals surface area (Å²) in [5.74, 6) is 2.60. The van der Waals surface area contributed by atoms with Crippen LogP contribution in [0.3, 0.4) is 0 Å². The number of rotatable bonds is 3. The van der Waals surface area contributed by atoms with Crippen LogP contribution < -0.4 is 5.32 Å². The number of fused-ring (bicyclic) bond motifs is 1. The highest BCUT2D eigenvalue weighted by Crippen LogP contribution is 2.38. The van der Waals surface area contributed by atoms with E-state index in [9.17, 15) is 4.39 Å². The van der Waals surface area contributed by atoms with Crippen molar-refractivity contribution in [2.45, 2.75) is 50.0 Å². The third kappa shape index (κ3) is 3.04. The van der Waals surface area contributed by atoms with Gasteiger partial charge in [-0.3, -0.25) is 0 Å². The fourth-order valence-corrected chi connectivity index (χ4v) is 4.73. The van der Waals surface area contributed by atoms with Gasteiger partial charge in [0.2, 0.25) is 0 Å². The molecule has 0 bridgehead atoms. The summed E-state index contributed by atoms with van der Waals surface area (Å²) in [7, 11) is 0. The van der Waals surface area contributed by atoms with Gasteiger partial charge in [0.15, 0.2) is 0 Å². The predicted octanol–water partition coefficient (Wildman–Crippen LogP) is 4.78. The van der Waals surface area contributed by atoms with E-state index >= 15 is 0 Å². The molecular weight excluding hydrogens is 269 g/mol. The summed E-state index contributed by atoms with van der Waals surface area (Å²) in [6, 6.07) is 5.86. The zero-order valence-corrected chi connectivity index (χ0v) is 13.0. The van der Waals surface area contributed by atoms with Crippen LogP contribution in [0.25, 0.3) is 0 Å². The second-order valence-corrected chi connectivity index (χ2v) is 7.38. The van der Waals surface area contributed by atoms with E-state index in [1.54, 1.807) is 17.8 Å². The molecule has 2 aliphatic rings. The molecule has 1 aliphatic heterocycles. The van der Waals surface area contributed by atoms with Crippen molar-refractivity contribution < 1.29 is 4.39 Å². The molecule has 1 aromatic carbocycles. The predicted molar refractivity (Wildman–Crippen MR) is 83.6 cm³/mol. The molecule has 0 spiro atoms. The summed E-state index contributed by atoms with van der Waals surface area (Å²) in [4.78, 5) is 0.868. The molecule has 1 aliphatic carbocycles. The minimum atomic E-state index is -0.0509. The van der Waals surface area contributed by atoms with E-state index in [0.29, 0.717) is 6.04 Å². The van der Waals surface area contributed by atoms with E-state index in [2.05, 4.69) is 18.3 Å². The Morgan fingerprint density at radius 1 is 1.25 bits per heavy atom. The van der Waals surface area contributed by atoms with Crippen molar-refractivity contribution in [1.29, 1.82) is 0 Å². The topological polar surface area (TPSA) is 12.0 Å². The van der Waals surface area contributed by atoms with Crippen LogP contribution in [0.5, 0.6) is 0 Å². The number of thioether (sulfide) groups is 1. The van der Waals surface area contributed by atoms with Gasteiger partial charge in [0, 0.05) is 10.9 Å². The van der Waals surface area contributed by atoms with Crippen molar-refractivity contribution in [3.8, 4) is 0 Å². The second-order valence-electron chi connectivity index (χ2n) is 6.28. The summed E-state index contributed by atoms with van der Waals surface area (Å²) in [5.41, 5.74) is 1.17. The number of benzene rings is 1. The first-order valence-electron chi connectivity index (χ1n) is 7.90. The first-order chi connectivity index (χ1) is 9.75. The first-order valence-corrected chi connectivity index (χ1v) is 8.89. The molecule has 3 unspecified atom stereocenters. The van der Waals surface area contributed by atoms with Gasteiger partial charge >= 0.3 is 0 Å². The quantitative estimate of drug-likeness (QED) is 0.861. The van der Waals surface area contributed by atoms with Crippen molar-refractivity contribution in [2.24, 2.45) is 11.8 Å². The highest BCUT2D eigenvalue weighted by Gasteiger charge is 2.26. The SMILES string of the molecule is CC1CCCCC1CNC1CCSc2c(F)cccc21. The Kier molecular flexibility index (Phi) is 4.67. The Hall–Kier alpha value is -0.540. The largest absolute Gasteiger partial charge is 0.310 e. The average Bonchev–Trinajstić information content (AvgIpc) is 2.47. The Labute approximate surface area is 125 Å². The maximum absolute atomic E-state index is 13.9. The van der Waals surface area contributed by atoms with Gasteiger partial charge in [0.05, 0.1) is 0 Å². The summed E-state index contributed by atoms with van der Waals surface area (Å²) >= 11 is 1.67. The van der Waals surface area contributed by atoms with E-state index in [4.69, 9.17) is 0 Å². The van der Waals surface area contributed by atoms with Crippen LogP contribution in [-0.2, 0) is 0 Å². The highest BCUT2D eigenvalue weighted by molar-refractivity contribution is 7.99. The normalized spacial score (nSPS) is 30.0. The van der Waals surface area contributed by atoms with Gasteiger partial charge in [0.25, 0.3) is 0 Å². The van der Waals surface area contributed by atoms with Gasteiger partial charge in [0.1, 0.15) is 5.82 Å². The van der Waals surface area contributed by atoms with Crippen LogP contribution in [0, 0.1) is 17.7 Å². The fraction of sp³-hybridized carbons (Fsp3) is 0.647. The summed E-state index contributed by atoms with van der Waals surface area (Å²) in [6.45, 7) is 3.47. The van der Waals surface area contributed by atoms with Gasteiger partial charge in [-0.15, -0.1) is 11.8 Å². The van der Waals surface area contributed by atoms with Gasteiger partial charge in [-0.25, -0.2) is 4.39 Å². The van der Waals surface area contributed by atoms with Gasteiger partial charge < -0.3 is 5.32 Å². The van der Waals surface area contributed by atoms with Crippen LogP contribution in [-0.4, -0.2) is 12.3 Å². The van der Waals surface area contributed by atoms with Crippen molar-refractivity contribution in [3.05, 3.63) is 29.6 Å². The van der Waals surface area contributed by atoms with E-state index in [1.165, 1.54) is 31.2 Å². The molecule has 0 radical (unpaired) electrons. The van der Waals surface area contributed by atoms with Crippen LogP contribution in [0.15, 0.2) is 23.1 Å². The number of hydrogen-bond donors (Lipinski definition) is 1. The molecule has 20 heavy (non-hydrogen) atoms. The van der Waals surface area contributed by atoms with Crippen molar-refractivity contribution in [1.82, 2.24) is 5.32 Å². The van der Waals surface area contributed by atoms with E-state index < -0.39 is 0 Å². The molecule has 1 saturated carbocycles. The molecule has 1 fully saturated rings. The summed E-state index contributed by atoms with van der Waals surface area (Å²) in [6.07, 6.45) is 6.61. The molecule has 0 saturated heterocycles. The maximum atomic E-state index is 13.9. The van der Waals surface area contributed by atoms with Crippen LogP contribution in [0.4, 0.5) is 4.39 Å². The molecule has 1 aromatic rings. The minimum absolute atomic E-state index is 0.0509. The number of hydrogen-bond acceptors (Lipinski definition) is 2. The van der Waals surface area contributed by atoms with Gasteiger partial charge in [-0.1, -0.05) is 38.3 Å². The van der Waals surface area contributed by atoms with E-state index in [1.807, 2.05) is 6.07 Å². The summed E-state index contributed by atoms with van der Waals surface area (Å²) in [5, 5.41) is 3.73. The van der Waals surface area contributed by atoms with Gasteiger partial charge in [-0.05, 0) is 48.6 Å². The summed E-state index contributed by atoms with van der Waals surface area (Å²) < 4.78 is 13.9. The van der Waals surface area contributed by atoms with E-state index in [0.717, 1.165) is 35.4 Å². The second kappa shape index (κ2) is 6.48. The Bertz CT molecular complexity index is 462. The highest BCUT2D eigenvalue weighted by atomic mass is 32.2. The van der Waals surface area contributed by atoms with Crippen LogP contribution in [0.2, 0.25) is 0 Å². The molecule has 110 valence electrons. The first kappa shape index (κ1) is 14.4. The Morgan fingerprint density at radius 2 is 2.10 bits per heavy atom. The smallest absolute Gasteiger partial charge is 0.137 e. The molecule has 1 N–H and O–H groups in total. The lowest BCUT2D eigenvalue weighted by atomic mass is 9.80. The Balaban J connectivity index is 1.66. The molecule has 0 amide bonds. The molecule has 3 atom stereocenters. The van der Waals surface area contributed by atoms with Crippen LogP contribution >= 0.6 is 11.8 Å². The number of nitrogens with one attached hydrogen (secondary N) is 1. The zero-order valence-electron chi connectivity index (χ0n) is 12.2. The average molecular weight is 293 g/mol. The van der Waals surface area contributed by atoms with Gasteiger partial charge in [-0.2, -0.15) is 0 Å². The lowest BCUT2D eigenvalue weighted by Gasteiger charge is -2.32. The van der Waals surface area contributed by atoms with Crippen molar-refractivity contribution in [2.75, 3.05) is 12.3 Å². The monoisotopic (exact) mass is 293 g/mol. The fourth-order valence-electron chi connectivity index (χ4n) is 3.59. The molecule has 3 rings (SSSR count). The molecular formula is C17H24FNS. The van der Waals surface area contributed by atoms with Crippen molar-refractivity contribution >= 4 is 11.8 Å². The maximum Gasteiger partial charge on any atom is 0.137 e. The van der Waals surface area contributed by atoms with Crippen molar-refractivity contribution in [3.63, 3.8) is 0 Å². The molecule has 0 aromatic heterocycles. The van der Waals surface area contributed by atoms with E-state index in [-0.39, 0.29) is 5.82 Å². The lowest BCUT2D eigenvalue weighted by molar-refractivity contribution is 0.239. The molecule has 1 heterocycles.